The summed E-state index contributed by atoms with van der Waals surface area (Å²) in [5.74, 6) is -10.1. The Morgan fingerprint density at radius 2 is 1.72 bits per heavy atom. The first-order valence-corrected chi connectivity index (χ1v) is 8.54. The molecule has 152 valence electrons. The molecule has 3 rings (SSSR count). The maximum Gasteiger partial charge on any atom is 0.311 e. The second kappa shape index (κ2) is 7.23. The Morgan fingerprint density at radius 1 is 1.07 bits per heavy atom. The summed E-state index contributed by atoms with van der Waals surface area (Å²) in [7, 11) is 0. The molecule has 0 spiro atoms. The number of aromatic hydroxyl groups is 1. The van der Waals surface area contributed by atoms with Gasteiger partial charge < -0.3 is 10.2 Å². The normalized spacial score (nSPS) is 12.3. The van der Waals surface area contributed by atoms with Crippen LogP contribution >= 0.6 is 0 Å². The first-order chi connectivity index (χ1) is 13.6. The summed E-state index contributed by atoms with van der Waals surface area (Å²) < 4.78 is 56.4. The zero-order chi connectivity index (χ0) is 21.6. The van der Waals surface area contributed by atoms with Crippen molar-refractivity contribution in [2.24, 2.45) is 0 Å². The van der Waals surface area contributed by atoms with Crippen LogP contribution < -0.4 is 0 Å². The molecular weight excluding hydrogens is 394 g/mol. The van der Waals surface area contributed by atoms with Gasteiger partial charge in [-0.05, 0) is 37.1 Å². The zero-order valence-corrected chi connectivity index (χ0v) is 15.3. The van der Waals surface area contributed by atoms with Crippen molar-refractivity contribution in [2.75, 3.05) is 0 Å². The molecule has 1 aromatic heterocycles. The number of carboxylic acids is 1. The van der Waals surface area contributed by atoms with E-state index in [0.29, 0.717) is 12.1 Å². The van der Waals surface area contributed by atoms with Crippen molar-refractivity contribution in [1.29, 1.82) is 0 Å². The van der Waals surface area contributed by atoms with Crippen LogP contribution in [0.1, 0.15) is 40.9 Å². The molecule has 0 radical (unpaired) electrons. The standard InChI is InChI=1S/C20H15F4NO4/c1-3-10(20(28)29)15-8(2)25(14-7-13(23)18(26)17(24)16(14)15)19(27)9-4-5-11(21)12(22)6-9/h4-7,10,26H,3H2,1-2H3,(H,28,29). The molecule has 3 aromatic rings. The largest absolute Gasteiger partial charge is 0.503 e. The highest BCUT2D eigenvalue weighted by Crippen LogP contribution is 2.39. The predicted octanol–water partition coefficient (Wildman–Crippen LogP) is 4.48. The van der Waals surface area contributed by atoms with E-state index < -0.39 is 52.2 Å². The minimum Gasteiger partial charge on any atom is -0.503 e. The van der Waals surface area contributed by atoms with Crippen LogP contribution in [-0.4, -0.2) is 26.7 Å². The van der Waals surface area contributed by atoms with Gasteiger partial charge in [0.2, 0.25) is 0 Å². The second-order valence-electron chi connectivity index (χ2n) is 6.48. The zero-order valence-electron chi connectivity index (χ0n) is 15.3. The van der Waals surface area contributed by atoms with E-state index in [0.717, 1.165) is 16.7 Å². The first kappa shape index (κ1) is 20.4. The summed E-state index contributed by atoms with van der Waals surface area (Å²) >= 11 is 0. The number of benzene rings is 2. The van der Waals surface area contributed by atoms with Gasteiger partial charge in [-0.15, -0.1) is 0 Å². The molecule has 0 bridgehead atoms. The van der Waals surface area contributed by atoms with Gasteiger partial charge in [0.15, 0.2) is 29.0 Å². The molecule has 0 saturated heterocycles. The number of aliphatic carboxylic acids is 1. The highest BCUT2D eigenvalue weighted by atomic mass is 19.2. The molecule has 9 heteroatoms. The molecule has 0 aliphatic rings. The predicted molar refractivity (Wildman–Crippen MR) is 95.0 cm³/mol. The summed E-state index contributed by atoms with van der Waals surface area (Å²) in [6.07, 6.45) is 0.0201. The summed E-state index contributed by atoms with van der Waals surface area (Å²) in [5.41, 5.74) is -0.779. The van der Waals surface area contributed by atoms with Crippen molar-refractivity contribution in [3.63, 3.8) is 0 Å². The number of carbonyl (C=O) groups excluding carboxylic acids is 1. The third-order valence-corrected chi connectivity index (χ3v) is 4.83. The summed E-state index contributed by atoms with van der Waals surface area (Å²) in [4.78, 5) is 24.6. The number of fused-ring (bicyclic) bond motifs is 1. The molecule has 1 unspecified atom stereocenters. The highest BCUT2D eigenvalue weighted by molar-refractivity contribution is 6.05. The minimum absolute atomic E-state index is 0.0201. The monoisotopic (exact) mass is 409 g/mol. The molecular formula is C20H15F4NO4. The van der Waals surface area contributed by atoms with Crippen LogP contribution in [-0.2, 0) is 4.79 Å². The number of nitrogens with zero attached hydrogens (tertiary/aromatic N) is 1. The second-order valence-corrected chi connectivity index (χ2v) is 6.48. The number of hydrogen-bond acceptors (Lipinski definition) is 3. The lowest BCUT2D eigenvalue weighted by molar-refractivity contribution is -0.138. The van der Waals surface area contributed by atoms with Gasteiger partial charge in [0.05, 0.1) is 11.4 Å². The van der Waals surface area contributed by atoms with Gasteiger partial charge in [-0.25, -0.2) is 17.6 Å². The lowest BCUT2D eigenvalue weighted by Crippen LogP contribution is -2.16. The fourth-order valence-corrected chi connectivity index (χ4v) is 3.46. The average molecular weight is 409 g/mol. The van der Waals surface area contributed by atoms with Crippen molar-refractivity contribution < 1.29 is 37.4 Å². The number of phenols is 1. The number of aromatic nitrogens is 1. The Morgan fingerprint density at radius 3 is 2.28 bits per heavy atom. The molecule has 1 atom stereocenters. The SMILES string of the molecule is CCC(C(=O)O)c1c(C)n(C(=O)c2ccc(F)c(F)c2)c2cc(F)c(O)c(F)c12. The number of halogens is 4. The molecule has 0 aliphatic heterocycles. The van der Waals surface area contributed by atoms with Crippen molar-refractivity contribution >= 4 is 22.8 Å². The van der Waals surface area contributed by atoms with Crippen LogP contribution in [0, 0.1) is 30.2 Å². The lowest BCUT2D eigenvalue weighted by atomic mass is 9.93. The van der Waals surface area contributed by atoms with Gasteiger partial charge >= 0.3 is 5.97 Å². The molecule has 0 amide bonds. The van der Waals surface area contributed by atoms with E-state index in [4.69, 9.17) is 0 Å². The maximum atomic E-state index is 14.7. The van der Waals surface area contributed by atoms with Crippen LogP contribution in [0.15, 0.2) is 24.3 Å². The third kappa shape index (κ3) is 3.12. The quantitative estimate of drug-likeness (QED) is 0.623. The van der Waals surface area contributed by atoms with Gasteiger partial charge in [-0.1, -0.05) is 6.92 Å². The van der Waals surface area contributed by atoms with Crippen molar-refractivity contribution in [3.05, 3.63) is 64.4 Å². The number of carbonyl (C=O) groups is 2. The van der Waals surface area contributed by atoms with E-state index in [1.165, 1.54) is 13.8 Å². The number of hydrogen-bond donors (Lipinski definition) is 2. The summed E-state index contributed by atoms with van der Waals surface area (Å²) in [6.45, 7) is 2.85. The van der Waals surface area contributed by atoms with E-state index in [1.54, 1.807) is 0 Å². The van der Waals surface area contributed by atoms with Crippen LogP contribution in [0.25, 0.3) is 10.9 Å². The fraction of sp³-hybridized carbons (Fsp3) is 0.200. The molecule has 2 aromatic carbocycles. The summed E-state index contributed by atoms with van der Waals surface area (Å²) in [5, 5.41) is 18.7. The van der Waals surface area contributed by atoms with Crippen molar-refractivity contribution in [2.45, 2.75) is 26.2 Å². The Hall–Kier alpha value is -3.36. The molecule has 5 nitrogen and oxygen atoms in total. The topological polar surface area (TPSA) is 79.5 Å². The van der Waals surface area contributed by atoms with Gasteiger partial charge in [0, 0.05) is 22.7 Å². The molecule has 0 fully saturated rings. The van der Waals surface area contributed by atoms with E-state index >= 15 is 0 Å². The molecule has 0 saturated carbocycles. The molecule has 0 aliphatic carbocycles. The van der Waals surface area contributed by atoms with E-state index in [2.05, 4.69) is 0 Å². The van der Waals surface area contributed by atoms with Gasteiger partial charge in [-0.2, -0.15) is 0 Å². The van der Waals surface area contributed by atoms with Crippen LogP contribution in [0.2, 0.25) is 0 Å². The Bertz CT molecular complexity index is 1170. The minimum atomic E-state index is -1.41. The number of phenolic OH excluding ortho intramolecular Hbond substituents is 1. The Balaban J connectivity index is 2.41. The van der Waals surface area contributed by atoms with Crippen LogP contribution in [0.3, 0.4) is 0 Å². The number of rotatable bonds is 4. The van der Waals surface area contributed by atoms with Crippen molar-refractivity contribution in [3.8, 4) is 5.75 Å². The smallest absolute Gasteiger partial charge is 0.311 e. The van der Waals surface area contributed by atoms with E-state index in [9.17, 15) is 37.4 Å². The average Bonchev–Trinajstić information content (AvgIpc) is 2.94. The number of carboxylic acid groups (broad SMARTS) is 1. The molecule has 1 heterocycles. The Labute approximate surface area is 161 Å². The molecule has 2 N–H and O–H groups in total. The van der Waals surface area contributed by atoms with Gasteiger partial charge in [0.25, 0.3) is 5.91 Å². The Kier molecular flexibility index (Phi) is 5.08. The van der Waals surface area contributed by atoms with Crippen LogP contribution in [0.5, 0.6) is 5.75 Å². The summed E-state index contributed by atoms with van der Waals surface area (Å²) in [6, 6.07) is 3.04. The van der Waals surface area contributed by atoms with Gasteiger partial charge in [0.1, 0.15) is 0 Å². The van der Waals surface area contributed by atoms with Crippen molar-refractivity contribution in [1.82, 2.24) is 4.57 Å². The lowest BCUT2D eigenvalue weighted by Gasteiger charge is -2.12. The first-order valence-electron chi connectivity index (χ1n) is 8.54. The maximum absolute atomic E-state index is 14.7. The van der Waals surface area contributed by atoms with Crippen LogP contribution in [0.4, 0.5) is 17.6 Å². The van der Waals surface area contributed by atoms with E-state index in [-0.39, 0.29) is 28.8 Å². The highest BCUT2D eigenvalue weighted by Gasteiger charge is 2.32. The molecule has 29 heavy (non-hydrogen) atoms. The fourth-order valence-electron chi connectivity index (χ4n) is 3.46. The van der Waals surface area contributed by atoms with Gasteiger partial charge in [-0.3, -0.25) is 14.2 Å². The third-order valence-electron chi connectivity index (χ3n) is 4.83. The van der Waals surface area contributed by atoms with E-state index in [1.807, 2.05) is 0 Å².